The zero-order valence-electron chi connectivity index (χ0n) is 10.4. The summed E-state index contributed by atoms with van der Waals surface area (Å²) >= 11 is 0. The number of nitrogens with one attached hydrogen (secondary N) is 1. The lowest BCUT2D eigenvalue weighted by atomic mass is 9.98. The number of nitrogens with two attached hydrogens (primary N) is 1. The van der Waals surface area contributed by atoms with Crippen LogP contribution in [0.5, 0.6) is 0 Å². The fourth-order valence-electron chi connectivity index (χ4n) is 1.40. The van der Waals surface area contributed by atoms with Crippen LogP contribution in [0.2, 0.25) is 0 Å². The lowest BCUT2D eigenvalue weighted by Crippen LogP contribution is -2.31. The maximum Gasteiger partial charge on any atom is 0.267 e. The molecule has 90 valence electrons. The van der Waals surface area contributed by atoms with E-state index in [9.17, 15) is 4.79 Å². The van der Waals surface area contributed by atoms with Gasteiger partial charge in [0.25, 0.3) is 5.91 Å². The number of anilines is 1. The zero-order valence-corrected chi connectivity index (χ0v) is 10.4. The Bertz CT molecular complexity index is 368. The standard InChI is InChI=1S/C12H21N3O/c1-8(2)9(3)6-14-12(16)11-5-10(13)7-15(11)4/h5,7-9H,6,13H2,1-4H3,(H,14,16). The number of nitrogen functional groups attached to an aromatic ring is 1. The molecule has 16 heavy (non-hydrogen) atoms. The predicted molar refractivity (Wildman–Crippen MR) is 66.2 cm³/mol. The summed E-state index contributed by atoms with van der Waals surface area (Å²) < 4.78 is 1.74. The molecule has 1 amide bonds. The smallest absolute Gasteiger partial charge is 0.267 e. The Morgan fingerprint density at radius 1 is 1.50 bits per heavy atom. The molecule has 1 heterocycles. The average molecular weight is 223 g/mol. The third-order valence-electron chi connectivity index (χ3n) is 2.98. The Morgan fingerprint density at radius 3 is 2.56 bits per heavy atom. The van der Waals surface area contributed by atoms with Crippen molar-refractivity contribution in [2.45, 2.75) is 20.8 Å². The molecular formula is C12H21N3O. The molecule has 0 aliphatic carbocycles. The topological polar surface area (TPSA) is 60.1 Å². The molecule has 0 aromatic carbocycles. The van der Waals surface area contributed by atoms with Crippen LogP contribution in [-0.4, -0.2) is 17.0 Å². The van der Waals surface area contributed by atoms with Gasteiger partial charge in [-0.1, -0.05) is 20.8 Å². The van der Waals surface area contributed by atoms with Gasteiger partial charge in [-0.2, -0.15) is 0 Å². The third kappa shape index (κ3) is 3.02. The van der Waals surface area contributed by atoms with Gasteiger partial charge in [0, 0.05) is 19.8 Å². The Hall–Kier alpha value is -1.45. The van der Waals surface area contributed by atoms with Crippen molar-refractivity contribution in [3.8, 4) is 0 Å². The van der Waals surface area contributed by atoms with Gasteiger partial charge < -0.3 is 15.6 Å². The Morgan fingerprint density at radius 2 is 2.12 bits per heavy atom. The Labute approximate surface area is 96.8 Å². The molecule has 0 saturated carbocycles. The van der Waals surface area contributed by atoms with E-state index < -0.39 is 0 Å². The summed E-state index contributed by atoms with van der Waals surface area (Å²) in [5, 5.41) is 2.92. The van der Waals surface area contributed by atoms with Gasteiger partial charge in [-0.25, -0.2) is 0 Å². The quantitative estimate of drug-likeness (QED) is 0.815. The van der Waals surface area contributed by atoms with Crippen molar-refractivity contribution in [2.24, 2.45) is 18.9 Å². The molecule has 0 radical (unpaired) electrons. The summed E-state index contributed by atoms with van der Waals surface area (Å²) in [6.07, 6.45) is 1.74. The second kappa shape index (κ2) is 5.05. The van der Waals surface area contributed by atoms with Crippen molar-refractivity contribution in [2.75, 3.05) is 12.3 Å². The number of rotatable bonds is 4. The van der Waals surface area contributed by atoms with Crippen LogP contribution in [0, 0.1) is 11.8 Å². The molecule has 1 rings (SSSR count). The second-order valence-electron chi connectivity index (χ2n) is 4.70. The first-order valence-corrected chi connectivity index (χ1v) is 5.62. The largest absolute Gasteiger partial charge is 0.397 e. The van der Waals surface area contributed by atoms with Crippen molar-refractivity contribution in [1.82, 2.24) is 9.88 Å². The van der Waals surface area contributed by atoms with E-state index in [-0.39, 0.29) is 5.91 Å². The fraction of sp³-hybridized carbons (Fsp3) is 0.583. The van der Waals surface area contributed by atoms with Crippen molar-refractivity contribution >= 4 is 11.6 Å². The summed E-state index contributed by atoms with van der Waals surface area (Å²) in [5.41, 5.74) is 6.84. The fourth-order valence-corrected chi connectivity index (χ4v) is 1.40. The first kappa shape index (κ1) is 12.6. The van der Waals surface area contributed by atoms with Gasteiger partial charge in [0.2, 0.25) is 0 Å². The van der Waals surface area contributed by atoms with E-state index in [1.165, 1.54) is 0 Å². The first-order valence-electron chi connectivity index (χ1n) is 5.62. The van der Waals surface area contributed by atoms with Crippen LogP contribution in [0.25, 0.3) is 0 Å². The number of hydrogen-bond donors (Lipinski definition) is 2. The van der Waals surface area contributed by atoms with Gasteiger partial charge in [-0.05, 0) is 17.9 Å². The van der Waals surface area contributed by atoms with Crippen LogP contribution in [0.3, 0.4) is 0 Å². The third-order valence-corrected chi connectivity index (χ3v) is 2.98. The molecule has 1 atom stereocenters. The van der Waals surface area contributed by atoms with Crippen molar-refractivity contribution in [1.29, 1.82) is 0 Å². The maximum absolute atomic E-state index is 11.8. The lowest BCUT2D eigenvalue weighted by Gasteiger charge is -2.16. The van der Waals surface area contributed by atoms with Crippen LogP contribution in [0.1, 0.15) is 31.3 Å². The van der Waals surface area contributed by atoms with E-state index in [1.807, 2.05) is 7.05 Å². The highest BCUT2D eigenvalue weighted by Gasteiger charge is 2.13. The van der Waals surface area contributed by atoms with Crippen molar-refractivity contribution in [3.63, 3.8) is 0 Å². The number of aryl methyl sites for hydroxylation is 1. The van der Waals surface area contributed by atoms with E-state index in [4.69, 9.17) is 5.73 Å². The molecular weight excluding hydrogens is 202 g/mol. The van der Waals surface area contributed by atoms with Crippen LogP contribution in [0.4, 0.5) is 5.69 Å². The van der Waals surface area contributed by atoms with E-state index in [0.717, 1.165) is 0 Å². The van der Waals surface area contributed by atoms with Gasteiger partial charge in [-0.15, -0.1) is 0 Å². The molecule has 1 aromatic rings. The number of carbonyl (C=O) groups excluding carboxylic acids is 1. The number of carbonyl (C=O) groups is 1. The highest BCUT2D eigenvalue weighted by atomic mass is 16.1. The summed E-state index contributed by atoms with van der Waals surface area (Å²) in [6, 6.07) is 1.69. The van der Waals surface area contributed by atoms with Gasteiger partial charge >= 0.3 is 0 Å². The molecule has 4 nitrogen and oxygen atoms in total. The summed E-state index contributed by atoms with van der Waals surface area (Å²) in [6.45, 7) is 7.13. The van der Waals surface area contributed by atoms with E-state index in [2.05, 4.69) is 26.1 Å². The normalized spacial score (nSPS) is 12.8. The minimum atomic E-state index is -0.0632. The van der Waals surface area contributed by atoms with Crippen LogP contribution in [0.15, 0.2) is 12.3 Å². The highest BCUT2D eigenvalue weighted by Crippen LogP contribution is 2.10. The molecule has 4 heteroatoms. The van der Waals surface area contributed by atoms with E-state index in [0.29, 0.717) is 29.8 Å². The molecule has 0 aliphatic rings. The second-order valence-corrected chi connectivity index (χ2v) is 4.70. The minimum absolute atomic E-state index is 0.0632. The number of aromatic nitrogens is 1. The molecule has 0 aliphatic heterocycles. The van der Waals surface area contributed by atoms with Gasteiger partial charge in [-0.3, -0.25) is 4.79 Å². The van der Waals surface area contributed by atoms with Crippen molar-refractivity contribution in [3.05, 3.63) is 18.0 Å². The molecule has 1 aromatic heterocycles. The minimum Gasteiger partial charge on any atom is -0.397 e. The Kier molecular flexibility index (Phi) is 3.99. The molecule has 0 spiro atoms. The van der Waals surface area contributed by atoms with Crippen LogP contribution >= 0.6 is 0 Å². The SMILES string of the molecule is CC(C)C(C)CNC(=O)c1cc(N)cn1C. The monoisotopic (exact) mass is 223 g/mol. The van der Waals surface area contributed by atoms with Crippen LogP contribution < -0.4 is 11.1 Å². The summed E-state index contributed by atoms with van der Waals surface area (Å²) in [5.74, 6) is 0.979. The predicted octanol–water partition coefficient (Wildman–Crippen LogP) is 1.63. The summed E-state index contributed by atoms with van der Waals surface area (Å²) in [7, 11) is 1.82. The molecule has 0 saturated heterocycles. The first-order chi connectivity index (χ1) is 7.41. The lowest BCUT2D eigenvalue weighted by molar-refractivity contribution is 0.0937. The van der Waals surface area contributed by atoms with Crippen LogP contribution in [-0.2, 0) is 7.05 Å². The number of amides is 1. The molecule has 0 bridgehead atoms. The maximum atomic E-state index is 11.8. The zero-order chi connectivity index (χ0) is 12.3. The van der Waals surface area contributed by atoms with Gasteiger partial charge in [0.15, 0.2) is 0 Å². The Balaban J connectivity index is 2.56. The highest BCUT2D eigenvalue weighted by molar-refractivity contribution is 5.93. The van der Waals surface area contributed by atoms with E-state index in [1.54, 1.807) is 16.8 Å². The van der Waals surface area contributed by atoms with Gasteiger partial charge in [0.1, 0.15) is 5.69 Å². The van der Waals surface area contributed by atoms with Gasteiger partial charge in [0.05, 0.1) is 5.69 Å². The number of nitrogens with zero attached hydrogens (tertiary/aromatic N) is 1. The van der Waals surface area contributed by atoms with E-state index >= 15 is 0 Å². The average Bonchev–Trinajstić information content (AvgIpc) is 2.53. The molecule has 3 N–H and O–H groups in total. The molecule has 0 fully saturated rings. The molecule has 1 unspecified atom stereocenters. The van der Waals surface area contributed by atoms with Crippen molar-refractivity contribution < 1.29 is 4.79 Å². The number of hydrogen-bond acceptors (Lipinski definition) is 2. The summed E-state index contributed by atoms with van der Waals surface area (Å²) in [4.78, 5) is 11.8.